The van der Waals surface area contributed by atoms with E-state index in [1.165, 1.54) is 5.56 Å². The lowest BCUT2D eigenvalue weighted by molar-refractivity contribution is -0.132. The SMILES string of the molecule is CC[C@@H](C)c1ccc(C(=O)CN2C(=O)NC3(CCC(C)CC3)C2=O)cc1. The molecule has 3 rings (SSSR count). The minimum atomic E-state index is -0.787. The van der Waals surface area contributed by atoms with Crippen molar-refractivity contribution in [2.45, 2.75) is 64.3 Å². The number of nitrogens with one attached hydrogen (secondary N) is 1. The molecular formula is C21H28N2O3. The molecule has 1 atom stereocenters. The number of benzene rings is 1. The minimum absolute atomic E-state index is 0.190. The van der Waals surface area contributed by atoms with Gasteiger partial charge in [-0.15, -0.1) is 0 Å². The van der Waals surface area contributed by atoms with E-state index in [0.717, 1.165) is 24.2 Å². The lowest BCUT2D eigenvalue weighted by Gasteiger charge is -2.33. The van der Waals surface area contributed by atoms with Gasteiger partial charge in [-0.2, -0.15) is 0 Å². The van der Waals surface area contributed by atoms with Gasteiger partial charge in [0.25, 0.3) is 5.91 Å². The molecule has 0 unspecified atom stereocenters. The largest absolute Gasteiger partial charge is 0.325 e. The average molecular weight is 356 g/mol. The first-order valence-electron chi connectivity index (χ1n) is 9.63. The van der Waals surface area contributed by atoms with Gasteiger partial charge in [-0.1, -0.05) is 45.0 Å². The third-order valence-corrected chi connectivity index (χ3v) is 6.09. The first kappa shape index (κ1) is 18.6. The number of amides is 3. The van der Waals surface area contributed by atoms with Gasteiger partial charge in [0.15, 0.2) is 5.78 Å². The van der Waals surface area contributed by atoms with Gasteiger partial charge in [-0.3, -0.25) is 14.5 Å². The van der Waals surface area contributed by atoms with E-state index in [-0.39, 0.29) is 18.2 Å². The highest BCUT2D eigenvalue weighted by Gasteiger charge is 2.52. The quantitative estimate of drug-likeness (QED) is 0.643. The zero-order chi connectivity index (χ0) is 18.9. The van der Waals surface area contributed by atoms with Crippen LogP contribution in [0, 0.1) is 5.92 Å². The van der Waals surface area contributed by atoms with E-state index in [1.807, 2.05) is 12.1 Å². The highest BCUT2D eigenvalue weighted by Crippen LogP contribution is 2.36. The first-order valence-corrected chi connectivity index (χ1v) is 9.63. The van der Waals surface area contributed by atoms with Crippen molar-refractivity contribution in [1.82, 2.24) is 10.2 Å². The molecule has 5 nitrogen and oxygen atoms in total. The van der Waals surface area contributed by atoms with Crippen LogP contribution in [0.3, 0.4) is 0 Å². The molecular weight excluding hydrogens is 328 g/mol. The van der Waals surface area contributed by atoms with Crippen LogP contribution in [-0.2, 0) is 4.79 Å². The molecule has 2 aliphatic rings. The Morgan fingerprint density at radius 2 is 1.85 bits per heavy atom. The summed E-state index contributed by atoms with van der Waals surface area (Å²) < 4.78 is 0. The molecule has 1 aliphatic heterocycles. The summed E-state index contributed by atoms with van der Waals surface area (Å²) in [6, 6.07) is 7.06. The van der Waals surface area contributed by atoms with E-state index in [4.69, 9.17) is 0 Å². The van der Waals surface area contributed by atoms with Crippen LogP contribution in [0.4, 0.5) is 4.79 Å². The Bertz CT molecular complexity index is 702. The summed E-state index contributed by atoms with van der Waals surface area (Å²) in [5.41, 5.74) is 0.940. The lowest BCUT2D eigenvalue weighted by atomic mass is 9.77. The Morgan fingerprint density at radius 1 is 1.23 bits per heavy atom. The predicted octanol–water partition coefficient (Wildman–Crippen LogP) is 3.88. The Kier molecular flexibility index (Phi) is 5.17. The first-order chi connectivity index (χ1) is 12.4. The van der Waals surface area contributed by atoms with Crippen LogP contribution in [0.15, 0.2) is 24.3 Å². The van der Waals surface area contributed by atoms with Crippen LogP contribution >= 0.6 is 0 Å². The van der Waals surface area contributed by atoms with Crippen molar-refractivity contribution in [3.63, 3.8) is 0 Å². The number of Topliss-reactive ketones (excluding diaryl/α,β-unsaturated/α-hetero) is 1. The Balaban J connectivity index is 1.69. The van der Waals surface area contributed by atoms with Crippen LogP contribution in [-0.4, -0.2) is 34.7 Å². The van der Waals surface area contributed by atoms with Crippen LogP contribution in [0.1, 0.15) is 74.7 Å². The molecule has 1 aliphatic carbocycles. The van der Waals surface area contributed by atoms with E-state index in [9.17, 15) is 14.4 Å². The number of hydrogen-bond donors (Lipinski definition) is 1. The van der Waals surface area contributed by atoms with Crippen molar-refractivity contribution in [3.8, 4) is 0 Å². The van der Waals surface area contributed by atoms with Crippen LogP contribution in [0.25, 0.3) is 0 Å². The normalized spacial score (nSPS) is 26.9. The molecule has 1 spiro atoms. The topological polar surface area (TPSA) is 66.5 Å². The molecule has 1 aromatic carbocycles. The standard InChI is InChI=1S/C21H28N2O3/c1-4-15(3)16-5-7-17(8-6-16)18(24)13-23-19(25)21(22-20(23)26)11-9-14(2)10-12-21/h5-8,14-15H,4,9-13H2,1-3H3,(H,22,26)/t14?,15-,21?/m1/s1. The molecule has 3 amide bonds. The number of carbonyl (C=O) groups excluding carboxylic acids is 3. The minimum Gasteiger partial charge on any atom is -0.323 e. The van der Waals surface area contributed by atoms with E-state index in [1.54, 1.807) is 12.1 Å². The molecule has 1 N–H and O–H groups in total. The highest BCUT2D eigenvalue weighted by atomic mass is 16.2. The van der Waals surface area contributed by atoms with E-state index >= 15 is 0 Å². The second-order valence-electron chi connectivity index (χ2n) is 7.94. The van der Waals surface area contributed by atoms with Gasteiger partial charge >= 0.3 is 6.03 Å². The van der Waals surface area contributed by atoms with E-state index in [2.05, 4.69) is 26.1 Å². The van der Waals surface area contributed by atoms with E-state index < -0.39 is 11.6 Å². The van der Waals surface area contributed by atoms with Crippen molar-refractivity contribution in [3.05, 3.63) is 35.4 Å². The van der Waals surface area contributed by atoms with Gasteiger partial charge in [-0.05, 0) is 49.5 Å². The Labute approximate surface area is 155 Å². The fourth-order valence-electron chi connectivity index (χ4n) is 3.88. The van der Waals surface area contributed by atoms with Crippen molar-refractivity contribution < 1.29 is 14.4 Å². The van der Waals surface area contributed by atoms with Crippen molar-refractivity contribution in [2.24, 2.45) is 5.92 Å². The molecule has 0 bridgehead atoms. The highest BCUT2D eigenvalue weighted by molar-refractivity contribution is 6.11. The van der Waals surface area contributed by atoms with Crippen LogP contribution in [0.2, 0.25) is 0 Å². The molecule has 0 radical (unpaired) electrons. The fraction of sp³-hybridized carbons (Fsp3) is 0.571. The second-order valence-corrected chi connectivity index (χ2v) is 7.94. The molecule has 140 valence electrons. The van der Waals surface area contributed by atoms with Gasteiger partial charge < -0.3 is 5.32 Å². The third kappa shape index (κ3) is 3.39. The number of nitrogens with zero attached hydrogens (tertiary/aromatic N) is 1. The summed E-state index contributed by atoms with van der Waals surface area (Å²) in [5, 5.41) is 2.86. The summed E-state index contributed by atoms with van der Waals surface area (Å²) >= 11 is 0. The van der Waals surface area contributed by atoms with Gasteiger partial charge in [0.2, 0.25) is 0 Å². The average Bonchev–Trinajstić information content (AvgIpc) is 2.88. The van der Waals surface area contributed by atoms with E-state index in [0.29, 0.717) is 30.2 Å². The van der Waals surface area contributed by atoms with Gasteiger partial charge in [-0.25, -0.2) is 4.79 Å². The molecule has 1 saturated carbocycles. The molecule has 2 fully saturated rings. The third-order valence-electron chi connectivity index (χ3n) is 6.09. The molecule has 1 heterocycles. The van der Waals surface area contributed by atoms with Crippen molar-refractivity contribution >= 4 is 17.7 Å². The van der Waals surface area contributed by atoms with Gasteiger partial charge in [0.1, 0.15) is 5.54 Å². The Hall–Kier alpha value is -2.17. The second kappa shape index (κ2) is 7.22. The maximum atomic E-state index is 12.8. The fourth-order valence-corrected chi connectivity index (χ4v) is 3.88. The number of hydrogen-bond acceptors (Lipinski definition) is 3. The van der Waals surface area contributed by atoms with Crippen LogP contribution in [0.5, 0.6) is 0 Å². The van der Waals surface area contributed by atoms with Gasteiger partial charge in [0, 0.05) is 5.56 Å². The number of imide groups is 1. The van der Waals surface area contributed by atoms with Crippen LogP contribution < -0.4 is 5.32 Å². The zero-order valence-corrected chi connectivity index (χ0v) is 15.9. The monoisotopic (exact) mass is 356 g/mol. The number of urea groups is 1. The molecule has 5 heteroatoms. The van der Waals surface area contributed by atoms with Crippen molar-refractivity contribution in [2.75, 3.05) is 6.54 Å². The summed E-state index contributed by atoms with van der Waals surface area (Å²) in [5.74, 6) is 0.577. The Morgan fingerprint density at radius 3 is 2.42 bits per heavy atom. The van der Waals surface area contributed by atoms with Gasteiger partial charge in [0.05, 0.1) is 6.54 Å². The molecule has 26 heavy (non-hydrogen) atoms. The summed E-state index contributed by atoms with van der Waals surface area (Å²) in [7, 11) is 0. The molecule has 1 saturated heterocycles. The molecule has 0 aromatic heterocycles. The number of carbonyl (C=O) groups is 3. The predicted molar refractivity (Wildman–Crippen MR) is 100 cm³/mol. The smallest absolute Gasteiger partial charge is 0.323 e. The van der Waals surface area contributed by atoms with Crippen molar-refractivity contribution in [1.29, 1.82) is 0 Å². The maximum Gasteiger partial charge on any atom is 0.325 e. The number of ketones is 1. The maximum absolute atomic E-state index is 12.8. The summed E-state index contributed by atoms with van der Waals surface area (Å²) in [6.45, 7) is 6.25. The lowest BCUT2D eigenvalue weighted by Crippen LogP contribution is -2.49. The zero-order valence-electron chi connectivity index (χ0n) is 15.9. The summed E-state index contributed by atoms with van der Waals surface area (Å²) in [4.78, 5) is 38.9. The summed E-state index contributed by atoms with van der Waals surface area (Å²) in [6.07, 6.45) is 4.20. The molecule has 1 aromatic rings. The number of rotatable bonds is 5.